The van der Waals surface area contributed by atoms with Crippen LogP contribution in [0.15, 0.2) is 29.2 Å². The molecule has 1 aliphatic carbocycles. The van der Waals surface area contributed by atoms with Gasteiger partial charge in [0.1, 0.15) is 0 Å². The van der Waals surface area contributed by atoms with Gasteiger partial charge in [-0.15, -0.1) is 0 Å². The second-order valence-electron chi connectivity index (χ2n) is 8.58. The Hall–Kier alpha value is -2.95. The van der Waals surface area contributed by atoms with Crippen LogP contribution >= 0.6 is 0 Å². The minimum absolute atomic E-state index is 0.0513. The number of benzene rings is 1. The molecule has 2 aliphatic heterocycles. The average molecular weight is 472 g/mol. The van der Waals surface area contributed by atoms with Crippen molar-refractivity contribution in [1.82, 2.24) is 9.29 Å². The van der Waals surface area contributed by atoms with Gasteiger partial charge < -0.3 is 20.1 Å². The molecule has 3 aliphatic rings. The van der Waals surface area contributed by atoms with Crippen molar-refractivity contribution >= 4 is 39.2 Å². The number of aryl methyl sites for hydroxylation is 1. The number of rotatable bonds is 5. The molecule has 0 spiro atoms. The maximum absolute atomic E-state index is 13.1. The molecule has 1 fully saturated rings. The first-order chi connectivity index (χ1) is 15.8. The minimum atomic E-state index is -3.69. The molecular formula is C23H25N3O6S. The molecule has 10 heteroatoms. The zero-order chi connectivity index (χ0) is 23.2. The Labute approximate surface area is 191 Å². The topological polar surface area (TPSA) is 129 Å². The fraction of sp³-hybridized carbons (Fsp3) is 0.391. The molecule has 9 nitrogen and oxygen atoms in total. The third-order valence-electron chi connectivity index (χ3n) is 6.48. The molecule has 0 bridgehead atoms. The fourth-order valence-corrected chi connectivity index (χ4v) is 6.29. The van der Waals surface area contributed by atoms with E-state index in [1.807, 2.05) is 6.07 Å². The standard InChI is InChI=1S/C23H25N3O6S/c27-22(28)10-14-2-1-3-20-17(14)11-15(24-20)12-19-18-13-16(4-5-21(18)25-23(19)29)33(30,31)26-6-8-32-9-7-26/h4-5,11-14,24H,1-3,6-10H2,(H,25,29)(H,27,28). The first-order valence-electron chi connectivity index (χ1n) is 11.0. The number of aliphatic carboxylic acids is 1. The van der Waals surface area contributed by atoms with E-state index in [9.17, 15) is 23.1 Å². The van der Waals surface area contributed by atoms with Crippen LogP contribution in [0, 0.1) is 0 Å². The molecule has 2 aromatic rings. The van der Waals surface area contributed by atoms with Gasteiger partial charge in [0.05, 0.1) is 30.1 Å². The number of morpholine rings is 1. The van der Waals surface area contributed by atoms with Gasteiger partial charge in [-0.3, -0.25) is 9.59 Å². The lowest BCUT2D eigenvalue weighted by molar-refractivity contribution is -0.137. The molecule has 0 saturated carbocycles. The number of fused-ring (bicyclic) bond motifs is 2. The van der Waals surface area contributed by atoms with Crippen LogP contribution in [0.25, 0.3) is 11.6 Å². The number of hydrogen-bond donors (Lipinski definition) is 3. The molecule has 0 radical (unpaired) electrons. The van der Waals surface area contributed by atoms with Crippen LogP contribution in [0.5, 0.6) is 0 Å². The van der Waals surface area contributed by atoms with Gasteiger partial charge in [0, 0.05) is 35.7 Å². The first-order valence-corrected chi connectivity index (χ1v) is 12.5. The highest BCUT2D eigenvalue weighted by atomic mass is 32.2. The molecule has 5 rings (SSSR count). The molecule has 3 heterocycles. The maximum Gasteiger partial charge on any atom is 0.303 e. The first kappa shape index (κ1) is 21.9. The summed E-state index contributed by atoms with van der Waals surface area (Å²) in [7, 11) is -3.69. The van der Waals surface area contributed by atoms with E-state index in [1.165, 1.54) is 10.4 Å². The van der Waals surface area contributed by atoms with Crippen molar-refractivity contribution in [3.8, 4) is 0 Å². The minimum Gasteiger partial charge on any atom is -0.481 e. The fourth-order valence-electron chi connectivity index (χ4n) is 4.85. The largest absolute Gasteiger partial charge is 0.481 e. The van der Waals surface area contributed by atoms with E-state index in [2.05, 4.69) is 10.3 Å². The van der Waals surface area contributed by atoms with Crippen molar-refractivity contribution in [2.75, 3.05) is 31.6 Å². The lowest BCUT2D eigenvalue weighted by Crippen LogP contribution is -2.40. The Morgan fingerprint density at radius 3 is 2.79 bits per heavy atom. The number of carbonyl (C=O) groups is 2. The lowest BCUT2D eigenvalue weighted by Gasteiger charge is -2.26. The monoisotopic (exact) mass is 471 g/mol. The van der Waals surface area contributed by atoms with Crippen LogP contribution in [-0.2, 0) is 30.8 Å². The summed E-state index contributed by atoms with van der Waals surface area (Å²) < 4.78 is 32.8. The Kier molecular flexibility index (Phi) is 5.59. The van der Waals surface area contributed by atoms with Gasteiger partial charge in [-0.25, -0.2) is 8.42 Å². The van der Waals surface area contributed by atoms with Crippen LogP contribution in [0.2, 0.25) is 0 Å². The van der Waals surface area contributed by atoms with E-state index in [1.54, 1.807) is 18.2 Å². The summed E-state index contributed by atoms with van der Waals surface area (Å²) in [6.45, 7) is 1.31. The number of aromatic nitrogens is 1. The Morgan fingerprint density at radius 2 is 2.03 bits per heavy atom. The number of ether oxygens (including phenoxy) is 1. The van der Waals surface area contributed by atoms with Crippen molar-refractivity contribution in [3.05, 3.63) is 46.8 Å². The highest BCUT2D eigenvalue weighted by Crippen LogP contribution is 2.38. The Morgan fingerprint density at radius 1 is 1.24 bits per heavy atom. The second-order valence-corrected chi connectivity index (χ2v) is 10.5. The smallest absolute Gasteiger partial charge is 0.303 e. The summed E-state index contributed by atoms with van der Waals surface area (Å²) in [6.07, 6.45) is 4.35. The molecule has 1 saturated heterocycles. The molecule has 174 valence electrons. The number of carboxylic acids is 1. The number of anilines is 1. The number of carbonyl (C=O) groups excluding carboxylic acids is 1. The predicted octanol–water partition coefficient (Wildman–Crippen LogP) is 2.42. The van der Waals surface area contributed by atoms with E-state index >= 15 is 0 Å². The van der Waals surface area contributed by atoms with Crippen molar-refractivity contribution < 1.29 is 27.9 Å². The number of aromatic amines is 1. The van der Waals surface area contributed by atoms with Crippen LogP contribution < -0.4 is 5.32 Å². The van der Waals surface area contributed by atoms with Gasteiger partial charge in [-0.05, 0) is 61.1 Å². The Balaban J connectivity index is 1.49. The van der Waals surface area contributed by atoms with Crippen molar-refractivity contribution in [3.63, 3.8) is 0 Å². The molecular weight excluding hydrogens is 446 g/mol. The highest BCUT2D eigenvalue weighted by molar-refractivity contribution is 7.89. The Bertz CT molecular complexity index is 1260. The van der Waals surface area contributed by atoms with Gasteiger partial charge in [0.25, 0.3) is 5.91 Å². The van der Waals surface area contributed by atoms with Crippen molar-refractivity contribution in [1.29, 1.82) is 0 Å². The summed E-state index contributed by atoms with van der Waals surface area (Å²) >= 11 is 0. The third-order valence-corrected chi connectivity index (χ3v) is 8.37. The average Bonchev–Trinajstić information content (AvgIpc) is 3.35. The summed E-state index contributed by atoms with van der Waals surface area (Å²) in [5.41, 5.74) is 4.16. The van der Waals surface area contributed by atoms with Gasteiger partial charge in [0.2, 0.25) is 10.0 Å². The summed E-state index contributed by atoms with van der Waals surface area (Å²) in [4.78, 5) is 27.4. The maximum atomic E-state index is 13.1. The van der Waals surface area contributed by atoms with Crippen LogP contribution in [0.4, 0.5) is 5.69 Å². The summed E-state index contributed by atoms with van der Waals surface area (Å²) in [6, 6.07) is 6.58. The molecule has 3 N–H and O–H groups in total. The highest BCUT2D eigenvalue weighted by Gasteiger charge is 2.31. The number of nitrogens with one attached hydrogen (secondary N) is 2. The van der Waals surface area contributed by atoms with E-state index < -0.39 is 16.0 Å². The van der Waals surface area contributed by atoms with Crippen molar-refractivity contribution in [2.45, 2.75) is 36.5 Å². The summed E-state index contributed by atoms with van der Waals surface area (Å²) in [5.74, 6) is -1.18. The number of carboxylic acid groups (broad SMARTS) is 1. The van der Waals surface area contributed by atoms with Crippen LogP contribution in [0.1, 0.15) is 47.7 Å². The van der Waals surface area contributed by atoms with Crippen LogP contribution in [-0.4, -0.2) is 61.0 Å². The van der Waals surface area contributed by atoms with Gasteiger partial charge in [-0.1, -0.05) is 0 Å². The number of sulfonamides is 1. The van der Waals surface area contributed by atoms with Gasteiger partial charge in [0.15, 0.2) is 0 Å². The molecule has 33 heavy (non-hydrogen) atoms. The number of hydrogen-bond acceptors (Lipinski definition) is 5. The SMILES string of the molecule is O=C(O)CC1CCCc2[nH]c(C=C3C(=O)Nc4ccc(S(=O)(=O)N5CCOCC5)cc43)cc21. The van der Waals surface area contributed by atoms with Gasteiger partial charge in [-0.2, -0.15) is 4.31 Å². The van der Waals surface area contributed by atoms with Crippen molar-refractivity contribution in [2.24, 2.45) is 0 Å². The summed E-state index contributed by atoms with van der Waals surface area (Å²) in [5, 5.41) is 12.0. The number of nitrogens with zero attached hydrogens (tertiary/aromatic N) is 1. The zero-order valence-electron chi connectivity index (χ0n) is 18.0. The second kappa shape index (κ2) is 8.44. The molecule has 1 aromatic carbocycles. The molecule has 1 aromatic heterocycles. The van der Waals surface area contributed by atoms with Gasteiger partial charge >= 0.3 is 5.97 Å². The normalized spacial score (nSPS) is 22.1. The predicted molar refractivity (Wildman–Crippen MR) is 121 cm³/mol. The van der Waals surface area contributed by atoms with Crippen LogP contribution in [0.3, 0.4) is 0 Å². The lowest BCUT2D eigenvalue weighted by atomic mass is 9.85. The number of amides is 1. The number of H-pyrrole nitrogens is 1. The van der Waals surface area contributed by atoms with E-state index in [4.69, 9.17) is 4.74 Å². The quantitative estimate of drug-likeness (QED) is 0.575. The molecule has 1 atom stereocenters. The third kappa shape index (κ3) is 4.09. The van der Waals surface area contributed by atoms with E-state index in [0.717, 1.165) is 30.5 Å². The molecule has 1 amide bonds. The van der Waals surface area contributed by atoms with E-state index in [-0.39, 0.29) is 23.1 Å². The molecule has 1 unspecified atom stereocenters. The zero-order valence-corrected chi connectivity index (χ0v) is 18.8. The van der Waals surface area contributed by atoms with E-state index in [0.29, 0.717) is 48.8 Å².